The van der Waals surface area contributed by atoms with E-state index in [1.807, 2.05) is 12.1 Å². The molecule has 20 heavy (non-hydrogen) atoms. The van der Waals surface area contributed by atoms with Gasteiger partial charge in [-0.15, -0.1) is 12.4 Å². The topological polar surface area (TPSA) is 38.5 Å². The van der Waals surface area contributed by atoms with Gasteiger partial charge in [0.25, 0.3) is 0 Å². The fraction of sp³-hybridized carbons (Fsp3) is 0.625. The van der Waals surface area contributed by atoms with E-state index in [1.54, 1.807) is 0 Å². The van der Waals surface area contributed by atoms with Crippen LogP contribution in [-0.2, 0) is 0 Å². The Hall–Kier alpha value is -0.770. The zero-order chi connectivity index (χ0) is 13.7. The summed E-state index contributed by atoms with van der Waals surface area (Å²) in [6.45, 7) is 8.02. The Morgan fingerprint density at radius 1 is 1.40 bits per heavy atom. The summed E-state index contributed by atoms with van der Waals surface area (Å²) < 4.78 is 5.84. The second-order valence-electron chi connectivity index (χ2n) is 5.62. The molecule has 2 atom stereocenters. The number of aryl methyl sites for hydroxylation is 1. The highest BCUT2D eigenvalue weighted by Gasteiger charge is 2.26. The zero-order valence-corrected chi connectivity index (χ0v) is 13.4. The Kier molecular flexibility index (Phi) is 7.35. The Labute approximate surface area is 128 Å². The number of likely N-dealkylation sites (tertiary alicyclic amines) is 1. The van der Waals surface area contributed by atoms with Gasteiger partial charge in [0.15, 0.2) is 0 Å². The minimum atomic E-state index is 0. The van der Waals surface area contributed by atoms with Gasteiger partial charge in [0.2, 0.25) is 0 Å². The number of nitrogens with two attached hydrogens (primary N) is 1. The first-order valence-corrected chi connectivity index (χ1v) is 7.34. The quantitative estimate of drug-likeness (QED) is 0.908. The van der Waals surface area contributed by atoms with Crippen molar-refractivity contribution in [2.24, 2.45) is 11.7 Å². The van der Waals surface area contributed by atoms with Crippen molar-refractivity contribution in [2.45, 2.75) is 32.7 Å². The molecule has 2 unspecified atom stereocenters. The lowest BCUT2D eigenvalue weighted by Crippen LogP contribution is -2.49. The molecule has 1 heterocycles. The normalized spacial score (nSPS) is 23.1. The summed E-state index contributed by atoms with van der Waals surface area (Å²) in [5, 5.41) is 0. The van der Waals surface area contributed by atoms with Crippen LogP contribution in [0.4, 0.5) is 0 Å². The van der Waals surface area contributed by atoms with E-state index in [0.717, 1.165) is 32.0 Å². The summed E-state index contributed by atoms with van der Waals surface area (Å²) >= 11 is 0. The van der Waals surface area contributed by atoms with E-state index < -0.39 is 0 Å². The number of hydrogen-bond donors (Lipinski definition) is 1. The molecule has 0 aliphatic carbocycles. The molecule has 1 aromatic rings. The van der Waals surface area contributed by atoms with Crippen molar-refractivity contribution >= 4 is 12.4 Å². The molecule has 0 aromatic heterocycles. The monoisotopic (exact) mass is 298 g/mol. The standard InChI is InChI=1S/C16H26N2O.ClH/c1-13-5-3-7-15(11-13)19-10-9-18-8-4-6-14(2)16(18)12-17;/h3,5,7,11,14,16H,4,6,8-10,12,17H2,1-2H3;1H. The summed E-state index contributed by atoms with van der Waals surface area (Å²) in [6.07, 6.45) is 2.58. The summed E-state index contributed by atoms with van der Waals surface area (Å²) in [4.78, 5) is 2.49. The van der Waals surface area contributed by atoms with Gasteiger partial charge in [0, 0.05) is 19.1 Å². The molecule has 2 N–H and O–H groups in total. The first-order chi connectivity index (χ1) is 9.20. The molecule has 1 fully saturated rings. The molecular weight excluding hydrogens is 272 g/mol. The molecule has 4 heteroatoms. The van der Waals surface area contributed by atoms with Crippen LogP contribution in [0.25, 0.3) is 0 Å². The van der Waals surface area contributed by atoms with Crippen molar-refractivity contribution in [1.82, 2.24) is 4.90 Å². The van der Waals surface area contributed by atoms with Crippen LogP contribution in [0.2, 0.25) is 0 Å². The number of rotatable bonds is 5. The van der Waals surface area contributed by atoms with Gasteiger partial charge in [-0.2, -0.15) is 0 Å². The second-order valence-corrected chi connectivity index (χ2v) is 5.62. The predicted octanol–water partition coefficient (Wildman–Crippen LogP) is 2.85. The number of ether oxygens (including phenoxy) is 1. The lowest BCUT2D eigenvalue weighted by Gasteiger charge is -2.39. The van der Waals surface area contributed by atoms with Gasteiger partial charge in [0.1, 0.15) is 12.4 Å². The van der Waals surface area contributed by atoms with Gasteiger partial charge in [-0.1, -0.05) is 19.1 Å². The number of piperidine rings is 1. The van der Waals surface area contributed by atoms with Gasteiger partial charge >= 0.3 is 0 Å². The van der Waals surface area contributed by atoms with Crippen LogP contribution in [0.1, 0.15) is 25.3 Å². The molecule has 114 valence electrons. The molecule has 1 aliphatic heterocycles. The third kappa shape index (κ3) is 4.65. The minimum Gasteiger partial charge on any atom is -0.492 e. The molecule has 2 rings (SSSR count). The third-order valence-electron chi connectivity index (χ3n) is 4.11. The summed E-state index contributed by atoms with van der Waals surface area (Å²) in [6, 6.07) is 8.75. The van der Waals surface area contributed by atoms with Crippen LogP contribution >= 0.6 is 12.4 Å². The highest BCUT2D eigenvalue weighted by molar-refractivity contribution is 5.85. The number of halogens is 1. The van der Waals surface area contributed by atoms with Crippen LogP contribution in [0.3, 0.4) is 0 Å². The highest BCUT2D eigenvalue weighted by Crippen LogP contribution is 2.22. The zero-order valence-electron chi connectivity index (χ0n) is 12.5. The predicted molar refractivity (Wildman–Crippen MR) is 86.7 cm³/mol. The van der Waals surface area contributed by atoms with E-state index in [-0.39, 0.29) is 12.4 Å². The lowest BCUT2D eigenvalue weighted by atomic mass is 9.91. The second kappa shape index (κ2) is 8.50. The van der Waals surface area contributed by atoms with Crippen molar-refractivity contribution in [2.75, 3.05) is 26.2 Å². The maximum Gasteiger partial charge on any atom is 0.119 e. The fourth-order valence-corrected chi connectivity index (χ4v) is 2.98. The Bertz CT molecular complexity index is 400. The minimum absolute atomic E-state index is 0. The summed E-state index contributed by atoms with van der Waals surface area (Å²) in [5.74, 6) is 1.67. The van der Waals surface area contributed by atoms with E-state index in [4.69, 9.17) is 10.5 Å². The van der Waals surface area contributed by atoms with Crippen molar-refractivity contribution in [3.63, 3.8) is 0 Å². The van der Waals surface area contributed by atoms with E-state index in [2.05, 4.69) is 30.9 Å². The Morgan fingerprint density at radius 3 is 2.90 bits per heavy atom. The van der Waals surface area contributed by atoms with Crippen molar-refractivity contribution < 1.29 is 4.74 Å². The van der Waals surface area contributed by atoms with Crippen LogP contribution < -0.4 is 10.5 Å². The van der Waals surface area contributed by atoms with Crippen LogP contribution in [-0.4, -0.2) is 37.2 Å². The van der Waals surface area contributed by atoms with Crippen LogP contribution in [0.5, 0.6) is 5.75 Å². The maximum absolute atomic E-state index is 5.90. The molecule has 1 aromatic carbocycles. The average Bonchev–Trinajstić information content (AvgIpc) is 2.39. The molecule has 3 nitrogen and oxygen atoms in total. The van der Waals surface area contributed by atoms with Gasteiger partial charge in [-0.25, -0.2) is 0 Å². The first kappa shape index (κ1) is 17.3. The molecule has 0 saturated carbocycles. The number of hydrogen-bond acceptors (Lipinski definition) is 3. The Balaban J connectivity index is 0.00000200. The van der Waals surface area contributed by atoms with Crippen LogP contribution in [0, 0.1) is 12.8 Å². The molecule has 0 radical (unpaired) electrons. The van der Waals surface area contributed by atoms with Gasteiger partial charge < -0.3 is 10.5 Å². The third-order valence-corrected chi connectivity index (χ3v) is 4.11. The van der Waals surface area contributed by atoms with Crippen LogP contribution in [0.15, 0.2) is 24.3 Å². The number of nitrogens with zero attached hydrogens (tertiary/aromatic N) is 1. The fourth-order valence-electron chi connectivity index (χ4n) is 2.98. The summed E-state index contributed by atoms with van der Waals surface area (Å²) in [5.41, 5.74) is 7.14. The maximum atomic E-state index is 5.90. The van der Waals surface area contributed by atoms with Gasteiger partial charge in [0.05, 0.1) is 0 Å². The molecule has 0 bridgehead atoms. The smallest absolute Gasteiger partial charge is 0.119 e. The van der Waals surface area contributed by atoms with Crippen molar-refractivity contribution in [3.8, 4) is 5.75 Å². The van der Waals surface area contributed by atoms with Crippen molar-refractivity contribution in [3.05, 3.63) is 29.8 Å². The molecular formula is C16H27ClN2O. The SMILES string of the molecule is Cc1cccc(OCCN2CCCC(C)C2CN)c1.Cl. The first-order valence-electron chi connectivity index (χ1n) is 7.34. The van der Waals surface area contributed by atoms with E-state index in [9.17, 15) is 0 Å². The highest BCUT2D eigenvalue weighted by atomic mass is 35.5. The van der Waals surface area contributed by atoms with E-state index >= 15 is 0 Å². The van der Waals surface area contributed by atoms with Gasteiger partial charge in [-0.05, 0) is 49.9 Å². The molecule has 1 aliphatic rings. The van der Waals surface area contributed by atoms with E-state index in [0.29, 0.717) is 12.0 Å². The lowest BCUT2D eigenvalue weighted by molar-refractivity contribution is 0.0895. The van der Waals surface area contributed by atoms with Gasteiger partial charge in [-0.3, -0.25) is 4.90 Å². The largest absolute Gasteiger partial charge is 0.492 e. The Morgan fingerprint density at radius 2 is 2.20 bits per heavy atom. The summed E-state index contributed by atoms with van der Waals surface area (Å²) in [7, 11) is 0. The molecule has 1 saturated heterocycles. The molecule has 0 spiro atoms. The number of benzene rings is 1. The average molecular weight is 299 g/mol. The van der Waals surface area contributed by atoms with Crippen molar-refractivity contribution in [1.29, 1.82) is 0 Å². The molecule has 0 amide bonds. The van der Waals surface area contributed by atoms with E-state index in [1.165, 1.54) is 18.4 Å².